The maximum Gasteiger partial charge on any atom is 0.416 e. The summed E-state index contributed by atoms with van der Waals surface area (Å²) >= 11 is 0. The van der Waals surface area contributed by atoms with E-state index in [0.717, 1.165) is 18.5 Å². The van der Waals surface area contributed by atoms with Crippen LogP contribution in [0.2, 0.25) is 0 Å². The van der Waals surface area contributed by atoms with E-state index >= 15 is 0 Å². The Balaban J connectivity index is 1.87. The van der Waals surface area contributed by atoms with Crippen LogP contribution in [0.3, 0.4) is 0 Å². The van der Waals surface area contributed by atoms with Crippen LogP contribution in [0.5, 0.6) is 0 Å². The molecule has 1 unspecified atom stereocenters. The first-order chi connectivity index (χ1) is 11.2. The van der Waals surface area contributed by atoms with Crippen LogP contribution in [0.25, 0.3) is 0 Å². The van der Waals surface area contributed by atoms with Crippen molar-refractivity contribution in [2.24, 2.45) is 0 Å². The van der Waals surface area contributed by atoms with E-state index in [1.807, 2.05) is 26.0 Å². The third-order valence-corrected chi connectivity index (χ3v) is 5.86. The summed E-state index contributed by atoms with van der Waals surface area (Å²) in [6.07, 6.45) is 2.53. The standard InChI is InChI=1S/C16H23N3O4S/c1-16(2)11-23-15(20)19(16)14-8-4-7-13(17-14)12-6-5-9-18(10-12)24(3,21)22/h4,7-8,12H,5-6,9-11H2,1-3H3. The normalized spacial score (nSPS) is 24.9. The van der Waals surface area contributed by atoms with Crippen molar-refractivity contribution in [3.05, 3.63) is 23.9 Å². The molecule has 0 aliphatic carbocycles. The van der Waals surface area contributed by atoms with Gasteiger partial charge in [0.1, 0.15) is 12.4 Å². The number of carbonyl (C=O) groups is 1. The lowest BCUT2D eigenvalue weighted by atomic mass is 9.95. The molecule has 2 saturated heterocycles. The van der Waals surface area contributed by atoms with Crippen LogP contribution < -0.4 is 4.90 Å². The van der Waals surface area contributed by atoms with Gasteiger partial charge in [0.15, 0.2) is 0 Å². The Hall–Kier alpha value is -1.67. The Morgan fingerprint density at radius 1 is 1.33 bits per heavy atom. The number of hydrogen-bond donors (Lipinski definition) is 0. The maximum atomic E-state index is 12.0. The van der Waals surface area contributed by atoms with E-state index in [4.69, 9.17) is 4.74 Å². The summed E-state index contributed by atoms with van der Waals surface area (Å²) < 4.78 is 30.3. The van der Waals surface area contributed by atoms with E-state index in [-0.39, 0.29) is 5.92 Å². The highest BCUT2D eigenvalue weighted by Crippen LogP contribution is 2.32. The number of cyclic esters (lactones) is 1. The van der Waals surface area contributed by atoms with Gasteiger partial charge in [-0.2, -0.15) is 0 Å². The van der Waals surface area contributed by atoms with Gasteiger partial charge in [0.25, 0.3) is 0 Å². The van der Waals surface area contributed by atoms with Gasteiger partial charge >= 0.3 is 6.09 Å². The highest BCUT2D eigenvalue weighted by Gasteiger charge is 2.42. The van der Waals surface area contributed by atoms with Gasteiger partial charge in [-0.05, 0) is 38.8 Å². The monoisotopic (exact) mass is 353 g/mol. The summed E-state index contributed by atoms with van der Waals surface area (Å²) in [6.45, 7) is 5.17. The summed E-state index contributed by atoms with van der Waals surface area (Å²) in [5.41, 5.74) is 0.366. The summed E-state index contributed by atoms with van der Waals surface area (Å²) in [5, 5.41) is 0. The van der Waals surface area contributed by atoms with E-state index in [9.17, 15) is 13.2 Å². The Morgan fingerprint density at radius 3 is 2.71 bits per heavy atom. The van der Waals surface area contributed by atoms with Gasteiger partial charge in [-0.15, -0.1) is 0 Å². The summed E-state index contributed by atoms with van der Waals surface area (Å²) in [4.78, 5) is 18.2. The third-order valence-electron chi connectivity index (χ3n) is 4.59. The topological polar surface area (TPSA) is 79.8 Å². The number of amides is 1. The molecule has 3 rings (SSSR count). The minimum Gasteiger partial charge on any atom is -0.447 e. The quantitative estimate of drug-likeness (QED) is 0.830. The highest BCUT2D eigenvalue weighted by atomic mass is 32.2. The van der Waals surface area contributed by atoms with Crippen LogP contribution >= 0.6 is 0 Å². The van der Waals surface area contributed by atoms with Crippen molar-refractivity contribution < 1.29 is 17.9 Å². The minimum atomic E-state index is -3.20. The maximum absolute atomic E-state index is 12.0. The SMILES string of the molecule is CC1(C)COC(=O)N1c1cccc(C2CCCN(S(C)(=O)=O)C2)n1. The number of hydrogen-bond acceptors (Lipinski definition) is 5. The van der Waals surface area contributed by atoms with Crippen LogP contribution in [0.1, 0.15) is 38.3 Å². The molecule has 0 saturated carbocycles. The lowest BCUT2D eigenvalue weighted by Gasteiger charge is -2.31. The van der Waals surface area contributed by atoms with Crippen LogP contribution in [0, 0.1) is 0 Å². The van der Waals surface area contributed by atoms with E-state index in [1.165, 1.54) is 10.6 Å². The Labute approximate surface area is 142 Å². The van der Waals surface area contributed by atoms with Crippen LogP contribution in [0.15, 0.2) is 18.2 Å². The van der Waals surface area contributed by atoms with Crippen molar-refractivity contribution in [1.29, 1.82) is 0 Å². The summed E-state index contributed by atoms with van der Waals surface area (Å²) in [6, 6.07) is 5.54. The molecular weight excluding hydrogens is 330 g/mol. The first kappa shape index (κ1) is 17.2. The smallest absolute Gasteiger partial charge is 0.416 e. The van der Waals surface area contributed by atoms with Crippen molar-refractivity contribution >= 4 is 21.9 Å². The molecule has 2 fully saturated rings. The fourth-order valence-electron chi connectivity index (χ4n) is 3.29. The van der Waals surface area contributed by atoms with E-state index in [2.05, 4.69) is 4.98 Å². The zero-order chi connectivity index (χ0) is 17.5. The van der Waals surface area contributed by atoms with Crippen molar-refractivity contribution in [2.45, 2.75) is 38.1 Å². The first-order valence-electron chi connectivity index (χ1n) is 8.07. The zero-order valence-corrected chi connectivity index (χ0v) is 15.0. The third kappa shape index (κ3) is 3.25. The lowest BCUT2D eigenvalue weighted by molar-refractivity contribution is 0.175. The first-order valence-corrected chi connectivity index (χ1v) is 9.92. The molecule has 8 heteroatoms. The predicted octanol–water partition coefficient (Wildman–Crippen LogP) is 1.96. The second kappa shape index (κ2) is 6.00. The predicted molar refractivity (Wildman–Crippen MR) is 90.5 cm³/mol. The second-order valence-electron chi connectivity index (χ2n) is 7.08. The number of anilines is 1. The van der Waals surface area contributed by atoms with Crippen molar-refractivity contribution in [3.8, 4) is 0 Å². The molecule has 0 N–H and O–H groups in total. The molecule has 7 nitrogen and oxygen atoms in total. The Kier molecular flexibility index (Phi) is 4.29. The van der Waals surface area contributed by atoms with Gasteiger partial charge in [-0.25, -0.2) is 22.5 Å². The van der Waals surface area contributed by atoms with Gasteiger partial charge in [-0.3, -0.25) is 4.90 Å². The van der Waals surface area contributed by atoms with Crippen molar-refractivity contribution in [1.82, 2.24) is 9.29 Å². The molecule has 2 aliphatic rings. The van der Waals surface area contributed by atoms with E-state index in [1.54, 1.807) is 11.0 Å². The lowest BCUT2D eigenvalue weighted by Crippen LogP contribution is -2.43. The number of pyridine rings is 1. The number of carbonyl (C=O) groups excluding carboxylic acids is 1. The van der Waals surface area contributed by atoms with Crippen molar-refractivity contribution in [3.63, 3.8) is 0 Å². The van der Waals surface area contributed by atoms with Gasteiger partial charge in [0, 0.05) is 24.7 Å². The van der Waals surface area contributed by atoms with E-state index in [0.29, 0.717) is 25.5 Å². The van der Waals surface area contributed by atoms with Gasteiger partial charge < -0.3 is 4.74 Å². The average Bonchev–Trinajstić information content (AvgIpc) is 2.80. The molecule has 1 aromatic rings. The molecule has 132 valence electrons. The van der Waals surface area contributed by atoms with E-state index < -0.39 is 21.7 Å². The molecule has 24 heavy (non-hydrogen) atoms. The van der Waals surface area contributed by atoms with Gasteiger partial charge in [0.05, 0.1) is 11.8 Å². The largest absolute Gasteiger partial charge is 0.447 e. The minimum absolute atomic E-state index is 0.0372. The molecule has 2 aliphatic heterocycles. The molecule has 1 amide bonds. The second-order valence-corrected chi connectivity index (χ2v) is 9.07. The number of aromatic nitrogens is 1. The number of rotatable bonds is 3. The number of ether oxygens (including phenoxy) is 1. The Morgan fingerprint density at radius 2 is 2.08 bits per heavy atom. The zero-order valence-electron chi connectivity index (χ0n) is 14.2. The van der Waals surface area contributed by atoms with Gasteiger partial charge in [-0.1, -0.05) is 6.07 Å². The molecule has 0 spiro atoms. The highest BCUT2D eigenvalue weighted by molar-refractivity contribution is 7.88. The molecule has 1 atom stereocenters. The fraction of sp³-hybridized carbons (Fsp3) is 0.625. The molecule has 0 radical (unpaired) electrons. The number of piperidine rings is 1. The molecule has 0 aromatic carbocycles. The average molecular weight is 353 g/mol. The molecular formula is C16H23N3O4S. The van der Waals surface area contributed by atoms with Crippen LogP contribution in [-0.4, -0.2) is 55.3 Å². The molecule has 1 aromatic heterocycles. The molecule has 0 bridgehead atoms. The van der Waals surface area contributed by atoms with Crippen molar-refractivity contribution in [2.75, 3.05) is 30.9 Å². The Bertz CT molecular complexity index is 747. The molecule has 3 heterocycles. The summed E-state index contributed by atoms with van der Waals surface area (Å²) in [5.74, 6) is 0.589. The van der Waals surface area contributed by atoms with Crippen LogP contribution in [-0.2, 0) is 14.8 Å². The number of sulfonamides is 1. The fourth-order valence-corrected chi connectivity index (χ4v) is 4.21. The van der Waals surface area contributed by atoms with Crippen LogP contribution in [0.4, 0.5) is 10.6 Å². The van der Waals surface area contributed by atoms with Gasteiger partial charge in [0.2, 0.25) is 10.0 Å². The number of nitrogens with zero attached hydrogens (tertiary/aromatic N) is 3. The summed E-state index contributed by atoms with van der Waals surface area (Å²) in [7, 11) is -3.20.